The maximum Gasteiger partial charge on any atom is 0.329 e. The molecule has 6 heteroatoms. The second kappa shape index (κ2) is 6.08. The molecule has 6 nitrogen and oxygen atoms in total. The van der Waals surface area contributed by atoms with Crippen LogP contribution in [-0.4, -0.2) is 37.2 Å². The Morgan fingerprint density at radius 3 is 2.47 bits per heavy atom. The number of benzene rings is 1. The Balaban J connectivity index is 3.03. The Kier molecular flexibility index (Phi) is 4.74. The summed E-state index contributed by atoms with van der Waals surface area (Å²) in [6, 6.07) is 5.11. The normalized spacial score (nSPS) is 13.2. The molecule has 0 aromatic heterocycles. The lowest BCUT2D eigenvalue weighted by molar-refractivity contribution is -0.145. The van der Waals surface area contributed by atoms with Crippen LogP contribution < -0.4 is 14.8 Å². The number of hydrogen-bond acceptors (Lipinski definition) is 4. The number of aliphatic carboxylic acids is 1. The van der Waals surface area contributed by atoms with Gasteiger partial charge in [-0.1, -0.05) is 6.07 Å². The van der Waals surface area contributed by atoms with E-state index >= 15 is 0 Å². The molecule has 1 atom stereocenters. The van der Waals surface area contributed by atoms with Gasteiger partial charge in [0.05, 0.1) is 14.2 Å². The summed E-state index contributed by atoms with van der Waals surface area (Å²) in [5, 5.41) is 11.5. The van der Waals surface area contributed by atoms with Crippen molar-refractivity contribution < 1.29 is 24.2 Å². The van der Waals surface area contributed by atoms with Crippen LogP contribution in [0.15, 0.2) is 18.2 Å². The van der Waals surface area contributed by atoms with Crippen molar-refractivity contribution in [3.63, 3.8) is 0 Å². The van der Waals surface area contributed by atoms with Crippen LogP contribution in [0, 0.1) is 0 Å². The van der Waals surface area contributed by atoms with Crippen LogP contribution >= 0.6 is 0 Å². The lowest BCUT2D eigenvalue weighted by atomic mass is 9.93. The number of methoxy groups -OCH3 is 2. The Labute approximate surface area is 111 Å². The predicted molar refractivity (Wildman–Crippen MR) is 68.5 cm³/mol. The summed E-state index contributed by atoms with van der Waals surface area (Å²) < 4.78 is 10.3. The standard InChI is InChI=1S/C13H17NO5/c1-13(12(16)17,14-8-15)7-9-4-5-10(18-2)11(6-9)19-3/h4-6,8H,7H2,1-3H3,(H,14,15)(H,16,17)/t13-/m0/s1. The molecular formula is C13H17NO5. The van der Waals surface area contributed by atoms with Gasteiger partial charge in [0.25, 0.3) is 0 Å². The summed E-state index contributed by atoms with van der Waals surface area (Å²) in [5.74, 6) is -0.0279. The minimum atomic E-state index is -1.36. The largest absolute Gasteiger partial charge is 0.493 e. The molecule has 19 heavy (non-hydrogen) atoms. The molecule has 0 aliphatic carbocycles. The van der Waals surface area contributed by atoms with Crippen LogP contribution in [-0.2, 0) is 16.0 Å². The van der Waals surface area contributed by atoms with Crippen molar-refractivity contribution in [1.82, 2.24) is 5.32 Å². The highest BCUT2D eigenvalue weighted by Crippen LogP contribution is 2.29. The molecule has 104 valence electrons. The topological polar surface area (TPSA) is 84.9 Å². The lowest BCUT2D eigenvalue weighted by Crippen LogP contribution is -2.50. The van der Waals surface area contributed by atoms with Crippen molar-refractivity contribution in [2.45, 2.75) is 18.9 Å². The molecule has 1 aromatic carbocycles. The molecule has 0 spiro atoms. The fourth-order valence-corrected chi connectivity index (χ4v) is 1.72. The minimum Gasteiger partial charge on any atom is -0.493 e. The van der Waals surface area contributed by atoms with Gasteiger partial charge >= 0.3 is 5.97 Å². The van der Waals surface area contributed by atoms with Crippen molar-refractivity contribution in [2.24, 2.45) is 0 Å². The maximum absolute atomic E-state index is 11.2. The molecule has 0 heterocycles. The summed E-state index contributed by atoms with van der Waals surface area (Å²) >= 11 is 0. The van der Waals surface area contributed by atoms with E-state index in [9.17, 15) is 14.7 Å². The van der Waals surface area contributed by atoms with Crippen molar-refractivity contribution >= 4 is 12.4 Å². The van der Waals surface area contributed by atoms with Gasteiger partial charge in [0.15, 0.2) is 11.5 Å². The minimum absolute atomic E-state index is 0.140. The monoisotopic (exact) mass is 267 g/mol. The zero-order chi connectivity index (χ0) is 14.5. The number of hydrogen-bond donors (Lipinski definition) is 2. The van der Waals surface area contributed by atoms with Crippen LogP contribution in [0.2, 0.25) is 0 Å². The lowest BCUT2D eigenvalue weighted by Gasteiger charge is -2.24. The number of rotatable bonds is 7. The molecule has 0 unspecified atom stereocenters. The van der Waals surface area contributed by atoms with E-state index in [1.165, 1.54) is 21.1 Å². The smallest absolute Gasteiger partial charge is 0.329 e. The molecule has 0 saturated heterocycles. The van der Waals surface area contributed by atoms with E-state index in [1.54, 1.807) is 18.2 Å². The Hall–Kier alpha value is -2.24. The van der Waals surface area contributed by atoms with E-state index in [2.05, 4.69) is 5.32 Å². The number of ether oxygens (including phenoxy) is 2. The van der Waals surface area contributed by atoms with E-state index in [-0.39, 0.29) is 6.42 Å². The molecule has 2 N–H and O–H groups in total. The van der Waals surface area contributed by atoms with Gasteiger partial charge in [-0.3, -0.25) is 4.79 Å². The molecule has 1 rings (SSSR count). The molecule has 0 aliphatic heterocycles. The summed E-state index contributed by atoms with van der Waals surface area (Å²) in [5.41, 5.74) is -0.640. The quantitative estimate of drug-likeness (QED) is 0.715. The Bertz CT molecular complexity index is 474. The van der Waals surface area contributed by atoms with E-state index in [1.807, 2.05) is 0 Å². The highest BCUT2D eigenvalue weighted by atomic mass is 16.5. The molecule has 0 bridgehead atoms. The molecule has 1 amide bonds. The molecule has 0 fully saturated rings. The highest BCUT2D eigenvalue weighted by Gasteiger charge is 2.32. The van der Waals surface area contributed by atoms with Gasteiger partial charge in [0, 0.05) is 6.42 Å². The third kappa shape index (κ3) is 3.37. The summed E-state index contributed by atoms with van der Waals surface area (Å²) in [7, 11) is 3.02. The zero-order valence-electron chi connectivity index (χ0n) is 11.1. The van der Waals surface area contributed by atoms with E-state index in [0.29, 0.717) is 17.9 Å². The first kappa shape index (κ1) is 14.8. The summed E-state index contributed by atoms with van der Waals surface area (Å²) in [6.45, 7) is 1.44. The summed E-state index contributed by atoms with van der Waals surface area (Å²) in [6.07, 6.45) is 0.524. The van der Waals surface area contributed by atoms with E-state index < -0.39 is 11.5 Å². The van der Waals surface area contributed by atoms with Crippen LogP contribution in [0.3, 0.4) is 0 Å². The van der Waals surface area contributed by atoms with Gasteiger partial charge in [-0.25, -0.2) is 4.79 Å². The molecule has 1 aromatic rings. The van der Waals surface area contributed by atoms with Crippen molar-refractivity contribution in [1.29, 1.82) is 0 Å². The second-order valence-electron chi connectivity index (χ2n) is 4.27. The number of carboxylic acids is 1. The fraction of sp³-hybridized carbons (Fsp3) is 0.385. The molecule has 0 radical (unpaired) electrons. The Morgan fingerprint density at radius 2 is 2.00 bits per heavy atom. The van der Waals surface area contributed by atoms with Gasteiger partial charge < -0.3 is 19.9 Å². The number of carboxylic acid groups (broad SMARTS) is 1. The first-order valence-corrected chi connectivity index (χ1v) is 5.62. The molecule has 0 aliphatic rings. The molecular weight excluding hydrogens is 250 g/mol. The number of amides is 1. The first-order valence-electron chi connectivity index (χ1n) is 5.62. The average molecular weight is 267 g/mol. The van der Waals surface area contributed by atoms with Gasteiger partial charge in [-0.05, 0) is 24.6 Å². The second-order valence-corrected chi connectivity index (χ2v) is 4.27. The van der Waals surface area contributed by atoms with Crippen LogP contribution in [0.1, 0.15) is 12.5 Å². The number of carbonyl (C=O) groups excluding carboxylic acids is 1. The number of nitrogens with one attached hydrogen (secondary N) is 1. The fourth-order valence-electron chi connectivity index (χ4n) is 1.72. The Morgan fingerprint density at radius 1 is 1.37 bits per heavy atom. The van der Waals surface area contributed by atoms with Crippen LogP contribution in [0.5, 0.6) is 11.5 Å². The third-order valence-corrected chi connectivity index (χ3v) is 2.86. The third-order valence-electron chi connectivity index (χ3n) is 2.86. The molecule has 0 saturated carbocycles. The SMILES string of the molecule is COc1ccc(C[C@](C)(NC=O)C(=O)O)cc1OC. The predicted octanol–water partition coefficient (Wildman–Crippen LogP) is 0.836. The first-order chi connectivity index (χ1) is 8.96. The summed E-state index contributed by atoms with van der Waals surface area (Å²) in [4.78, 5) is 21.7. The van der Waals surface area contributed by atoms with Crippen LogP contribution in [0.4, 0.5) is 0 Å². The van der Waals surface area contributed by atoms with Gasteiger partial charge in [-0.2, -0.15) is 0 Å². The van der Waals surface area contributed by atoms with Crippen LogP contribution in [0.25, 0.3) is 0 Å². The maximum atomic E-state index is 11.2. The highest BCUT2D eigenvalue weighted by molar-refractivity contribution is 5.81. The van der Waals surface area contributed by atoms with Crippen molar-refractivity contribution in [3.05, 3.63) is 23.8 Å². The van der Waals surface area contributed by atoms with Gasteiger partial charge in [0.1, 0.15) is 5.54 Å². The van der Waals surface area contributed by atoms with E-state index in [0.717, 1.165) is 5.56 Å². The van der Waals surface area contributed by atoms with Crippen molar-refractivity contribution in [3.8, 4) is 11.5 Å². The number of carbonyl (C=O) groups is 2. The van der Waals surface area contributed by atoms with Crippen molar-refractivity contribution in [2.75, 3.05) is 14.2 Å². The van der Waals surface area contributed by atoms with Gasteiger partial charge in [0.2, 0.25) is 6.41 Å². The van der Waals surface area contributed by atoms with E-state index in [4.69, 9.17) is 9.47 Å². The zero-order valence-corrected chi connectivity index (χ0v) is 11.1. The average Bonchev–Trinajstić information content (AvgIpc) is 2.38. The van der Waals surface area contributed by atoms with Gasteiger partial charge in [-0.15, -0.1) is 0 Å².